The fourth-order valence-corrected chi connectivity index (χ4v) is 0.983. The summed E-state index contributed by atoms with van der Waals surface area (Å²) in [5.74, 6) is 0.330. The van der Waals surface area contributed by atoms with Crippen molar-refractivity contribution in [1.29, 1.82) is 0 Å². The van der Waals surface area contributed by atoms with E-state index in [0.717, 1.165) is 12.0 Å². The minimum atomic E-state index is -0.288. The van der Waals surface area contributed by atoms with Crippen molar-refractivity contribution in [1.82, 2.24) is 0 Å². The maximum absolute atomic E-state index is 10.6. The average Bonchev–Trinajstić information content (AvgIpc) is 2.04. The van der Waals surface area contributed by atoms with Crippen LogP contribution in [0.15, 0.2) is 18.2 Å². The summed E-state index contributed by atoms with van der Waals surface area (Å²) in [4.78, 5) is 10.6. The van der Waals surface area contributed by atoms with Crippen LogP contribution in [0.4, 0.5) is 0 Å². The van der Waals surface area contributed by atoms with Gasteiger partial charge in [0.15, 0.2) is 0 Å². The Balaban J connectivity index is 2.89. The third-order valence-electron chi connectivity index (χ3n) is 1.51. The van der Waals surface area contributed by atoms with Crippen LogP contribution < -0.4 is 4.74 Å². The van der Waals surface area contributed by atoms with E-state index in [-0.39, 0.29) is 5.97 Å². The van der Waals surface area contributed by atoms with Gasteiger partial charge in [0.25, 0.3) is 0 Å². The van der Waals surface area contributed by atoms with Crippen LogP contribution in [0.1, 0.15) is 19.4 Å². The largest absolute Gasteiger partial charge is 0.426 e. The highest BCUT2D eigenvalue weighted by Crippen LogP contribution is 2.17. The summed E-state index contributed by atoms with van der Waals surface area (Å²) < 4.78 is 4.97. The summed E-state index contributed by atoms with van der Waals surface area (Å²) in [5, 5.41) is 0. The smallest absolute Gasteiger partial charge is 0.308 e. The molecule has 1 radical (unpaired) electrons. The molecule has 1 aromatic carbocycles. The van der Waals surface area contributed by atoms with Gasteiger partial charge in [-0.25, -0.2) is 0 Å². The van der Waals surface area contributed by atoms with Crippen molar-refractivity contribution in [2.75, 3.05) is 0 Å². The maximum Gasteiger partial charge on any atom is 0.308 e. The van der Waals surface area contributed by atoms with Crippen LogP contribution in [0.2, 0.25) is 0 Å². The molecule has 2 heteroatoms. The zero-order chi connectivity index (χ0) is 8.97. The number of aryl methyl sites for hydroxylation is 1. The van der Waals surface area contributed by atoms with E-state index in [1.807, 2.05) is 13.0 Å². The van der Waals surface area contributed by atoms with Crippen molar-refractivity contribution >= 4 is 5.97 Å². The Morgan fingerprint density at radius 3 is 3.00 bits per heavy atom. The molecule has 0 saturated carbocycles. The topological polar surface area (TPSA) is 26.3 Å². The molecule has 0 saturated heterocycles. The highest BCUT2D eigenvalue weighted by molar-refractivity contribution is 5.69. The third kappa shape index (κ3) is 2.09. The molecular weight excluding hydrogens is 152 g/mol. The molecule has 2 nitrogen and oxygen atoms in total. The van der Waals surface area contributed by atoms with Gasteiger partial charge in [0.05, 0.1) is 0 Å². The summed E-state index contributed by atoms with van der Waals surface area (Å²) in [6.45, 7) is 3.39. The zero-order valence-corrected chi connectivity index (χ0v) is 7.26. The number of esters is 1. The lowest BCUT2D eigenvalue weighted by Gasteiger charge is -2.04. The van der Waals surface area contributed by atoms with Crippen molar-refractivity contribution in [2.45, 2.75) is 20.3 Å². The van der Waals surface area contributed by atoms with Gasteiger partial charge in [0.1, 0.15) is 5.75 Å². The van der Waals surface area contributed by atoms with Crippen LogP contribution in [0, 0.1) is 6.07 Å². The molecule has 1 rings (SSSR count). The molecule has 12 heavy (non-hydrogen) atoms. The standard InChI is InChI=1S/C10H11O2/c1-3-9-6-4-5-7-10(9)12-8(2)11/h4-5,7H,3H2,1-2H3. The molecule has 0 atom stereocenters. The van der Waals surface area contributed by atoms with E-state index in [4.69, 9.17) is 4.74 Å². The first-order chi connectivity index (χ1) is 5.74. The van der Waals surface area contributed by atoms with E-state index in [1.54, 1.807) is 12.1 Å². The highest BCUT2D eigenvalue weighted by atomic mass is 16.5. The van der Waals surface area contributed by atoms with Crippen LogP contribution in [0.3, 0.4) is 0 Å². The summed E-state index contributed by atoms with van der Waals surface area (Å²) in [7, 11) is 0. The number of ether oxygens (including phenoxy) is 1. The highest BCUT2D eigenvalue weighted by Gasteiger charge is 2.02. The van der Waals surface area contributed by atoms with Crippen molar-refractivity contribution < 1.29 is 9.53 Å². The Labute approximate surface area is 72.2 Å². The Morgan fingerprint density at radius 2 is 2.42 bits per heavy atom. The van der Waals surface area contributed by atoms with Crippen LogP contribution in [0.25, 0.3) is 0 Å². The van der Waals surface area contributed by atoms with Gasteiger partial charge in [-0.2, -0.15) is 0 Å². The second-order valence-electron chi connectivity index (χ2n) is 2.46. The van der Waals surface area contributed by atoms with Gasteiger partial charge in [-0.1, -0.05) is 19.1 Å². The molecule has 1 aromatic rings. The van der Waals surface area contributed by atoms with Crippen LogP contribution in [-0.2, 0) is 11.2 Å². The number of carbonyl (C=O) groups excluding carboxylic acids is 1. The van der Waals surface area contributed by atoms with E-state index < -0.39 is 0 Å². The van der Waals surface area contributed by atoms with Gasteiger partial charge < -0.3 is 4.74 Å². The molecular formula is C10H11O2. The fraction of sp³-hybridized carbons (Fsp3) is 0.300. The summed E-state index contributed by atoms with van der Waals surface area (Å²) in [6.07, 6.45) is 0.823. The van der Waals surface area contributed by atoms with E-state index in [9.17, 15) is 4.79 Å². The molecule has 0 heterocycles. The van der Waals surface area contributed by atoms with Crippen LogP contribution in [-0.4, -0.2) is 5.97 Å². The quantitative estimate of drug-likeness (QED) is 0.492. The molecule has 0 fully saturated rings. The first-order valence-corrected chi connectivity index (χ1v) is 3.92. The monoisotopic (exact) mass is 163 g/mol. The predicted molar refractivity (Wildman–Crippen MR) is 46.0 cm³/mol. The van der Waals surface area contributed by atoms with Crippen LogP contribution in [0.5, 0.6) is 5.75 Å². The Morgan fingerprint density at radius 1 is 1.67 bits per heavy atom. The van der Waals surface area contributed by atoms with Crippen molar-refractivity contribution in [3.63, 3.8) is 0 Å². The SMILES string of the molecule is CCc1[c]cccc1OC(C)=O. The third-order valence-corrected chi connectivity index (χ3v) is 1.51. The molecule has 0 amide bonds. The second kappa shape index (κ2) is 3.90. The van der Waals surface area contributed by atoms with Gasteiger partial charge in [0, 0.05) is 12.5 Å². The predicted octanol–water partition coefficient (Wildman–Crippen LogP) is 1.97. The minimum Gasteiger partial charge on any atom is -0.426 e. The molecule has 0 aliphatic carbocycles. The summed E-state index contributed by atoms with van der Waals surface area (Å²) in [6, 6.07) is 8.40. The normalized spacial score (nSPS) is 9.50. The van der Waals surface area contributed by atoms with Crippen LogP contribution >= 0.6 is 0 Å². The summed E-state index contributed by atoms with van der Waals surface area (Å²) >= 11 is 0. The zero-order valence-electron chi connectivity index (χ0n) is 7.26. The van der Waals surface area contributed by atoms with E-state index >= 15 is 0 Å². The Kier molecular flexibility index (Phi) is 2.86. The maximum atomic E-state index is 10.6. The molecule has 63 valence electrons. The fourth-order valence-electron chi connectivity index (χ4n) is 0.983. The minimum absolute atomic E-state index is 0.288. The number of carbonyl (C=O) groups is 1. The Bertz CT molecular complexity index is 279. The first-order valence-electron chi connectivity index (χ1n) is 3.92. The van der Waals surface area contributed by atoms with Gasteiger partial charge in [-0.15, -0.1) is 0 Å². The van der Waals surface area contributed by atoms with Crippen molar-refractivity contribution in [2.24, 2.45) is 0 Å². The molecule has 0 aliphatic rings. The van der Waals surface area contributed by atoms with E-state index in [2.05, 4.69) is 6.07 Å². The number of hydrogen-bond acceptors (Lipinski definition) is 2. The van der Waals surface area contributed by atoms with E-state index in [1.165, 1.54) is 6.92 Å². The molecule has 0 aliphatic heterocycles. The lowest BCUT2D eigenvalue weighted by atomic mass is 10.1. The molecule has 0 unspecified atom stereocenters. The lowest BCUT2D eigenvalue weighted by Crippen LogP contribution is -2.03. The lowest BCUT2D eigenvalue weighted by molar-refractivity contribution is -0.131. The number of hydrogen-bond donors (Lipinski definition) is 0. The van der Waals surface area contributed by atoms with Gasteiger partial charge in [0.2, 0.25) is 0 Å². The van der Waals surface area contributed by atoms with Gasteiger partial charge in [-0.05, 0) is 18.6 Å². The van der Waals surface area contributed by atoms with Gasteiger partial charge in [-0.3, -0.25) is 4.79 Å². The van der Waals surface area contributed by atoms with E-state index in [0.29, 0.717) is 5.75 Å². The molecule has 0 N–H and O–H groups in total. The second-order valence-corrected chi connectivity index (χ2v) is 2.46. The van der Waals surface area contributed by atoms with Crippen molar-refractivity contribution in [3.8, 4) is 5.75 Å². The van der Waals surface area contributed by atoms with Crippen molar-refractivity contribution in [3.05, 3.63) is 29.8 Å². The molecule has 0 aromatic heterocycles. The average molecular weight is 163 g/mol. The Hall–Kier alpha value is -1.31. The number of benzene rings is 1. The molecule has 0 bridgehead atoms. The molecule has 0 spiro atoms. The first kappa shape index (κ1) is 8.78. The summed E-state index contributed by atoms with van der Waals surface area (Å²) in [5.41, 5.74) is 0.938. The van der Waals surface area contributed by atoms with Gasteiger partial charge >= 0.3 is 5.97 Å². The number of rotatable bonds is 2.